The lowest BCUT2D eigenvalue weighted by Gasteiger charge is -2.35. The highest BCUT2D eigenvalue weighted by atomic mass is 35.5. The molecule has 1 aromatic carbocycles. The molecular formula is C13H17Cl3F2N2O. The predicted molar refractivity (Wildman–Crippen MR) is 83.2 cm³/mol. The first-order valence-corrected chi connectivity index (χ1v) is 7.15. The maximum atomic E-state index is 12.9. The van der Waals surface area contributed by atoms with E-state index in [0.717, 1.165) is 13.1 Å². The van der Waals surface area contributed by atoms with E-state index in [1.165, 1.54) is 12.1 Å². The van der Waals surface area contributed by atoms with Crippen LogP contribution in [0, 0.1) is 0 Å². The third-order valence-corrected chi connectivity index (χ3v) is 3.92. The summed E-state index contributed by atoms with van der Waals surface area (Å²) in [6.07, 6.45) is -2.82. The Hall–Kier alpha value is -0.330. The SMILES string of the molecule is Cl.Oc1c(Cl)cc(Cl)cc1[C@H](CC(F)F)N1CCNCC1. The van der Waals surface area contributed by atoms with Crippen molar-refractivity contribution in [2.75, 3.05) is 26.2 Å². The van der Waals surface area contributed by atoms with E-state index in [-0.39, 0.29) is 29.6 Å². The van der Waals surface area contributed by atoms with E-state index in [9.17, 15) is 13.9 Å². The first-order valence-electron chi connectivity index (χ1n) is 6.40. The van der Waals surface area contributed by atoms with Gasteiger partial charge in [0.25, 0.3) is 0 Å². The molecule has 0 unspecified atom stereocenters. The molecule has 2 rings (SSSR count). The van der Waals surface area contributed by atoms with E-state index in [4.69, 9.17) is 23.2 Å². The summed E-state index contributed by atoms with van der Waals surface area (Å²) in [4.78, 5) is 1.92. The average molecular weight is 362 g/mol. The van der Waals surface area contributed by atoms with Gasteiger partial charge in [0.1, 0.15) is 5.75 Å². The topological polar surface area (TPSA) is 35.5 Å². The van der Waals surface area contributed by atoms with Crippen LogP contribution in [-0.2, 0) is 0 Å². The van der Waals surface area contributed by atoms with Gasteiger partial charge in [-0.05, 0) is 12.1 Å². The van der Waals surface area contributed by atoms with Crippen LogP contribution in [0.2, 0.25) is 10.0 Å². The first-order chi connectivity index (χ1) is 9.49. The van der Waals surface area contributed by atoms with E-state index in [0.29, 0.717) is 23.7 Å². The van der Waals surface area contributed by atoms with Crippen LogP contribution in [0.4, 0.5) is 8.78 Å². The van der Waals surface area contributed by atoms with Crippen molar-refractivity contribution in [2.24, 2.45) is 0 Å². The highest BCUT2D eigenvalue weighted by molar-refractivity contribution is 6.35. The molecule has 0 aromatic heterocycles. The van der Waals surface area contributed by atoms with Crippen LogP contribution < -0.4 is 5.32 Å². The van der Waals surface area contributed by atoms with Gasteiger partial charge in [0.05, 0.1) is 5.02 Å². The number of phenols is 1. The van der Waals surface area contributed by atoms with E-state index < -0.39 is 12.5 Å². The molecule has 3 nitrogen and oxygen atoms in total. The van der Waals surface area contributed by atoms with Gasteiger partial charge in [-0.15, -0.1) is 12.4 Å². The van der Waals surface area contributed by atoms with Gasteiger partial charge < -0.3 is 10.4 Å². The molecule has 8 heteroatoms. The van der Waals surface area contributed by atoms with Gasteiger partial charge in [-0.3, -0.25) is 4.90 Å². The number of halogens is 5. The summed E-state index contributed by atoms with van der Waals surface area (Å²) < 4.78 is 25.7. The molecule has 1 aliphatic rings. The number of aromatic hydroxyl groups is 1. The Morgan fingerprint density at radius 3 is 2.43 bits per heavy atom. The van der Waals surface area contributed by atoms with Crippen molar-refractivity contribution < 1.29 is 13.9 Å². The second-order valence-electron chi connectivity index (χ2n) is 4.75. The third kappa shape index (κ3) is 4.83. The Balaban J connectivity index is 0.00000220. The fraction of sp³-hybridized carbons (Fsp3) is 0.538. The summed E-state index contributed by atoms with van der Waals surface area (Å²) >= 11 is 11.8. The summed E-state index contributed by atoms with van der Waals surface area (Å²) in [5, 5.41) is 13.6. The fourth-order valence-electron chi connectivity index (χ4n) is 2.48. The molecule has 21 heavy (non-hydrogen) atoms. The molecule has 2 N–H and O–H groups in total. The molecule has 0 aliphatic carbocycles. The first kappa shape index (κ1) is 18.7. The van der Waals surface area contributed by atoms with Gasteiger partial charge in [0, 0.05) is 49.2 Å². The molecular weight excluding hydrogens is 345 g/mol. The molecule has 1 fully saturated rings. The van der Waals surface area contributed by atoms with Crippen LogP contribution in [-0.4, -0.2) is 42.6 Å². The number of phenolic OH excluding ortho intramolecular Hbond substituents is 1. The number of hydrogen-bond acceptors (Lipinski definition) is 3. The zero-order valence-corrected chi connectivity index (χ0v) is 13.5. The molecule has 0 saturated carbocycles. The zero-order chi connectivity index (χ0) is 14.7. The van der Waals surface area contributed by atoms with Crippen molar-refractivity contribution in [3.63, 3.8) is 0 Å². The van der Waals surface area contributed by atoms with Gasteiger partial charge in [-0.25, -0.2) is 8.78 Å². The minimum Gasteiger partial charge on any atom is -0.506 e. The lowest BCUT2D eigenvalue weighted by Crippen LogP contribution is -2.45. The Morgan fingerprint density at radius 1 is 1.24 bits per heavy atom. The van der Waals surface area contributed by atoms with Crippen LogP contribution >= 0.6 is 35.6 Å². The number of hydrogen-bond donors (Lipinski definition) is 2. The number of alkyl halides is 2. The second-order valence-corrected chi connectivity index (χ2v) is 5.60. The monoisotopic (exact) mass is 360 g/mol. The maximum Gasteiger partial charge on any atom is 0.240 e. The minimum absolute atomic E-state index is 0. The summed E-state index contributed by atoms with van der Waals surface area (Å²) in [5.41, 5.74) is 0.365. The lowest BCUT2D eigenvalue weighted by molar-refractivity contribution is 0.0730. The number of benzene rings is 1. The predicted octanol–water partition coefficient (Wildman–Crippen LogP) is 3.72. The molecule has 1 aliphatic heterocycles. The summed E-state index contributed by atoms with van der Waals surface area (Å²) in [7, 11) is 0. The Kier molecular flexibility index (Phi) is 7.44. The smallest absolute Gasteiger partial charge is 0.240 e. The van der Waals surface area contributed by atoms with Gasteiger partial charge in [0.2, 0.25) is 6.43 Å². The minimum atomic E-state index is -2.47. The summed E-state index contributed by atoms with van der Waals surface area (Å²) in [6, 6.07) is 2.32. The van der Waals surface area contributed by atoms with Crippen LogP contribution in [0.5, 0.6) is 5.75 Å². The average Bonchev–Trinajstić information content (AvgIpc) is 2.41. The quantitative estimate of drug-likeness (QED) is 0.858. The van der Waals surface area contributed by atoms with Gasteiger partial charge >= 0.3 is 0 Å². The normalized spacial score (nSPS) is 17.6. The van der Waals surface area contributed by atoms with Crippen molar-refractivity contribution in [1.82, 2.24) is 10.2 Å². The van der Waals surface area contributed by atoms with Crippen LogP contribution in [0.15, 0.2) is 12.1 Å². The van der Waals surface area contributed by atoms with E-state index >= 15 is 0 Å². The highest BCUT2D eigenvalue weighted by Gasteiger charge is 2.28. The third-order valence-electron chi connectivity index (χ3n) is 3.41. The van der Waals surface area contributed by atoms with Gasteiger partial charge in [0.15, 0.2) is 0 Å². The van der Waals surface area contributed by atoms with E-state index in [1.807, 2.05) is 4.90 Å². The molecule has 120 valence electrons. The Bertz CT molecular complexity index is 471. The van der Waals surface area contributed by atoms with E-state index in [2.05, 4.69) is 5.32 Å². The van der Waals surface area contributed by atoms with Gasteiger partial charge in [-0.1, -0.05) is 23.2 Å². The lowest BCUT2D eigenvalue weighted by atomic mass is 10.00. The van der Waals surface area contributed by atoms with Crippen molar-refractivity contribution in [3.8, 4) is 5.75 Å². The molecule has 0 spiro atoms. The number of piperazine rings is 1. The molecule has 1 saturated heterocycles. The fourth-order valence-corrected chi connectivity index (χ4v) is 2.98. The molecule has 0 amide bonds. The van der Waals surface area contributed by atoms with Crippen molar-refractivity contribution >= 4 is 35.6 Å². The summed E-state index contributed by atoms with van der Waals surface area (Å²) in [6.45, 7) is 2.74. The Labute approximate surface area is 138 Å². The highest BCUT2D eigenvalue weighted by Crippen LogP contribution is 2.39. The second kappa shape index (κ2) is 8.34. The van der Waals surface area contributed by atoms with Crippen molar-refractivity contribution in [2.45, 2.75) is 18.9 Å². The van der Waals surface area contributed by atoms with Crippen LogP contribution in [0.3, 0.4) is 0 Å². The van der Waals surface area contributed by atoms with E-state index in [1.54, 1.807) is 0 Å². The number of nitrogens with zero attached hydrogens (tertiary/aromatic N) is 1. The number of rotatable bonds is 4. The summed E-state index contributed by atoms with van der Waals surface area (Å²) in [5.74, 6) is -0.166. The molecule has 1 aromatic rings. The Morgan fingerprint density at radius 2 is 1.86 bits per heavy atom. The molecule has 0 bridgehead atoms. The molecule has 1 atom stereocenters. The number of nitrogens with one attached hydrogen (secondary N) is 1. The van der Waals surface area contributed by atoms with Crippen molar-refractivity contribution in [1.29, 1.82) is 0 Å². The largest absolute Gasteiger partial charge is 0.506 e. The molecule has 0 radical (unpaired) electrons. The van der Waals surface area contributed by atoms with Crippen LogP contribution in [0.25, 0.3) is 0 Å². The molecule has 1 heterocycles. The maximum absolute atomic E-state index is 12.9. The zero-order valence-electron chi connectivity index (χ0n) is 11.2. The standard InChI is InChI=1S/C13H16Cl2F2N2O.ClH/c14-8-5-9(13(20)10(15)6-8)11(7-12(16)17)19-3-1-18-2-4-19;/h5-6,11-12,18,20H,1-4,7H2;1H/t11-;/m0./s1. The van der Waals surface area contributed by atoms with Crippen molar-refractivity contribution in [3.05, 3.63) is 27.7 Å². The van der Waals surface area contributed by atoms with Crippen LogP contribution in [0.1, 0.15) is 18.0 Å². The van der Waals surface area contributed by atoms with Gasteiger partial charge in [-0.2, -0.15) is 0 Å².